The molecule has 74 valence electrons. The van der Waals surface area contributed by atoms with Crippen LogP contribution in [-0.2, 0) is 0 Å². The first-order chi connectivity index (χ1) is 5.88. The lowest BCUT2D eigenvalue weighted by molar-refractivity contribution is 0.333. The van der Waals surface area contributed by atoms with Crippen LogP contribution in [0, 0.1) is 6.92 Å². The molecule has 1 aromatic rings. The van der Waals surface area contributed by atoms with Gasteiger partial charge in [-0.3, -0.25) is 0 Å². The number of halogens is 1. The van der Waals surface area contributed by atoms with E-state index in [-0.39, 0.29) is 12.4 Å². The highest BCUT2D eigenvalue weighted by atomic mass is 35.5. The number of rotatable bonds is 1. The molecule has 0 aromatic carbocycles. The number of aryl methyl sites for hydroxylation is 1. The van der Waals surface area contributed by atoms with Crippen LogP contribution in [0.3, 0.4) is 0 Å². The minimum absolute atomic E-state index is 0. The molecule has 0 aliphatic carbocycles. The second-order valence-electron chi connectivity index (χ2n) is 3.30. The zero-order valence-electron chi connectivity index (χ0n) is 7.73. The van der Waals surface area contributed by atoms with Gasteiger partial charge in [0.2, 0.25) is 0 Å². The van der Waals surface area contributed by atoms with E-state index in [0.29, 0.717) is 6.04 Å². The van der Waals surface area contributed by atoms with Crippen LogP contribution in [-0.4, -0.2) is 28.1 Å². The largest absolute Gasteiger partial charge is 0.317 e. The van der Waals surface area contributed by atoms with Crippen molar-refractivity contribution in [3.8, 4) is 0 Å². The van der Waals surface area contributed by atoms with Gasteiger partial charge < -0.3 is 5.32 Å². The van der Waals surface area contributed by atoms with Crippen molar-refractivity contribution in [1.29, 1.82) is 0 Å². The smallest absolute Gasteiger partial charge is 0.0722 e. The van der Waals surface area contributed by atoms with Gasteiger partial charge in [-0.15, -0.1) is 17.5 Å². The summed E-state index contributed by atoms with van der Waals surface area (Å²) in [6.07, 6.45) is 4.16. The molecule has 0 saturated carbocycles. The quantitative estimate of drug-likeness (QED) is 0.737. The molecule has 1 aliphatic rings. The molecule has 0 spiro atoms. The van der Waals surface area contributed by atoms with E-state index in [1.807, 2.05) is 10.9 Å². The third kappa shape index (κ3) is 2.19. The van der Waals surface area contributed by atoms with E-state index in [9.17, 15) is 0 Å². The lowest BCUT2D eigenvalue weighted by atomic mass is 10.1. The number of nitrogens with one attached hydrogen (secondary N) is 1. The number of nitrogens with zero attached hydrogens (tertiary/aromatic N) is 3. The SMILES string of the molecule is Cc1cnnn1C1CCNCC1.Cl. The number of hydrogen-bond acceptors (Lipinski definition) is 3. The minimum atomic E-state index is 0. The standard InChI is InChI=1S/C8H14N4.ClH/c1-7-6-10-11-12(7)8-2-4-9-5-3-8;/h6,8-9H,2-5H2,1H3;1H. The molecule has 0 bridgehead atoms. The normalized spacial score (nSPS) is 18.2. The summed E-state index contributed by atoms with van der Waals surface area (Å²) in [6, 6.07) is 0.564. The zero-order valence-corrected chi connectivity index (χ0v) is 8.55. The van der Waals surface area contributed by atoms with E-state index in [0.717, 1.165) is 13.1 Å². The second-order valence-corrected chi connectivity index (χ2v) is 3.30. The summed E-state index contributed by atoms with van der Waals surface area (Å²) >= 11 is 0. The van der Waals surface area contributed by atoms with E-state index < -0.39 is 0 Å². The molecule has 2 heterocycles. The molecule has 1 fully saturated rings. The first-order valence-electron chi connectivity index (χ1n) is 4.45. The Morgan fingerprint density at radius 2 is 2.15 bits per heavy atom. The summed E-state index contributed by atoms with van der Waals surface area (Å²) in [5, 5.41) is 11.3. The van der Waals surface area contributed by atoms with E-state index in [1.54, 1.807) is 0 Å². The second kappa shape index (κ2) is 4.58. The van der Waals surface area contributed by atoms with Gasteiger partial charge in [0.25, 0.3) is 0 Å². The Labute approximate surface area is 84.1 Å². The monoisotopic (exact) mass is 202 g/mol. The Hall–Kier alpha value is -0.610. The van der Waals surface area contributed by atoms with Crippen LogP contribution < -0.4 is 5.32 Å². The van der Waals surface area contributed by atoms with Gasteiger partial charge in [-0.2, -0.15) is 0 Å². The van der Waals surface area contributed by atoms with Crippen molar-refractivity contribution >= 4 is 12.4 Å². The van der Waals surface area contributed by atoms with Crippen molar-refractivity contribution < 1.29 is 0 Å². The summed E-state index contributed by atoms with van der Waals surface area (Å²) < 4.78 is 2.04. The first-order valence-corrected chi connectivity index (χ1v) is 4.45. The van der Waals surface area contributed by atoms with Crippen molar-refractivity contribution in [1.82, 2.24) is 20.3 Å². The Balaban J connectivity index is 0.000000845. The van der Waals surface area contributed by atoms with Crippen molar-refractivity contribution in [2.75, 3.05) is 13.1 Å². The van der Waals surface area contributed by atoms with Crippen LogP contribution in [0.25, 0.3) is 0 Å². The molecule has 1 aromatic heterocycles. The molecule has 2 rings (SSSR count). The van der Waals surface area contributed by atoms with Gasteiger partial charge in [0.1, 0.15) is 0 Å². The molecule has 13 heavy (non-hydrogen) atoms. The van der Waals surface area contributed by atoms with Crippen LogP contribution in [0.2, 0.25) is 0 Å². The highest BCUT2D eigenvalue weighted by Crippen LogP contribution is 2.17. The maximum Gasteiger partial charge on any atom is 0.0722 e. The summed E-state index contributed by atoms with van der Waals surface area (Å²) in [5.74, 6) is 0. The van der Waals surface area contributed by atoms with Crippen molar-refractivity contribution in [3.63, 3.8) is 0 Å². The summed E-state index contributed by atoms with van der Waals surface area (Å²) in [6.45, 7) is 4.26. The summed E-state index contributed by atoms with van der Waals surface area (Å²) in [5.41, 5.74) is 1.17. The molecule has 1 N–H and O–H groups in total. The zero-order chi connectivity index (χ0) is 8.39. The fraction of sp³-hybridized carbons (Fsp3) is 0.750. The Kier molecular flexibility index (Phi) is 3.69. The van der Waals surface area contributed by atoms with Crippen LogP contribution in [0.15, 0.2) is 6.20 Å². The maximum atomic E-state index is 4.08. The van der Waals surface area contributed by atoms with Gasteiger partial charge in [-0.1, -0.05) is 5.21 Å². The fourth-order valence-corrected chi connectivity index (χ4v) is 1.71. The lowest BCUT2D eigenvalue weighted by Crippen LogP contribution is -2.30. The number of piperidine rings is 1. The summed E-state index contributed by atoms with van der Waals surface area (Å²) in [7, 11) is 0. The molecule has 0 amide bonds. The molecule has 4 nitrogen and oxygen atoms in total. The van der Waals surface area contributed by atoms with Gasteiger partial charge in [0.15, 0.2) is 0 Å². The highest BCUT2D eigenvalue weighted by Gasteiger charge is 2.16. The van der Waals surface area contributed by atoms with E-state index in [2.05, 4.69) is 22.6 Å². The predicted octanol–water partition coefficient (Wildman–Crippen LogP) is 0.933. The van der Waals surface area contributed by atoms with Crippen LogP contribution in [0.4, 0.5) is 0 Å². The molecule has 0 atom stereocenters. The average Bonchev–Trinajstić information content (AvgIpc) is 2.53. The van der Waals surface area contributed by atoms with E-state index in [4.69, 9.17) is 0 Å². The predicted molar refractivity (Wildman–Crippen MR) is 53.1 cm³/mol. The van der Waals surface area contributed by atoms with Crippen LogP contribution >= 0.6 is 12.4 Å². The molecular weight excluding hydrogens is 188 g/mol. The van der Waals surface area contributed by atoms with Gasteiger partial charge in [-0.05, 0) is 32.9 Å². The topological polar surface area (TPSA) is 42.7 Å². The van der Waals surface area contributed by atoms with E-state index in [1.165, 1.54) is 18.5 Å². The first kappa shape index (κ1) is 10.5. The van der Waals surface area contributed by atoms with Crippen molar-refractivity contribution in [3.05, 3.63) is 11.9 Å². The van der Waals surface area contributed by atoms with Gasteiger partial charge in [0, 0.05) is 0 Å². The summed E-state index contributed by atoms with van der Waals surface area (Å²) in [4.78, 5) is 0. The molecule has 1 aliphatic heterocycles. The van der Waals surface area contributed by atoms with Crippen molar-refractivity contribution in [2.24, 2.45) is 0 Å². The Morgan fingerprint density at radius 1 is 1.46 bits per heavy atom. The lowest BCUT2D eigenvalue weighted by Gasteiger charge is -2.23. The van der Waals surface area contributed by atoms with Gasteiger partial charge in [0.05, 0.1) is 17.9 Å². The van der Waals surface area contributed by atoms with Crippen LogP contribution in [0.1, 0.15) is 24.6 Å². The Bertz CT molecular complexity index is 254. The maximum absolute atomic E-state index is 4.08. The molecule has 5 heteroatoms. The molecule has 1 saturated heterocycles. The minimum Gasteiger partial charge on any atom is -0.317 e. The Morgan fingerprint density at radius 3 is 2.69 bits per heavy atom. The third-order valence-electron chi connectivity index (χ3n) is 2.41. The fourth-order valence-electron chi connectivity index (χ4n) is 1.71. The number of aromatic nitrogens is 3. The van der Waals surface area contributed by atoms with Crippen LogP contribution in [0.5, 0.6) is 0 Å². The van der Waals surface area contributed by atoms with Gasteiger partial charge in [-0.25, -0.2) is 4.68 Å². The van der Waals surface area contributed by atoms with Crippen molar-refractivity contribution in [2.45, 2.75) is 25.8 Å². The molecule has 0 unspecified atom stereocenters. The highest BCUT2D eigenvalue weighted by molar-refractivity contribution is 5.85. The van der Waals surface area contributed by atoms with E-state index >= 15 is 0 Å². The van der Waals surface area contributed by atoms with Gasteiger partial charge >= 0.3 is 0 Å². The average molecular weight is 203 g/mol. The molecular formula is C8H15ClN4. The number of hydrogen-bond donors (Lipinski definition) is 1. The third-order valence-corrected chi connectivity index (χ3v) is 2.41. The molecule has 0 radical (unpaired) electrons.